The first-order valence-corrected chi connectivity index (χ1v) is 14.5. The van der Waals surface area contributed by atoms with Crippen LogP contribution in [0.5, 0.6) is 0 Å². The summed E-state index contributed by atoms with van der Waals surface area (Å²) in [6.07, 6.45) is 8.51. The van der Waals surface area contributed by atoms with Crippen LogP contribution >= 0.6 is 11.8 Å². The van der Waals surface area contributed by atoms with E-state index in [-0.39, 0.29) is 24.0 Å². The monoisotopic (exact) mass is 519 g/mol. The Morgan fingerprint density at radius 1 is 1.16 bits per heavy atom. The maximum Gasteiger partial charge on any atom is 0.410 e. The molecule has 5 rings (SSSR count). The number of hydrogen-bond acceptors (Lipinski definition) is 7. The van der Waals surface area contributed by atoms with Crippen LogP contribution in [-0.2, 0) is 30.4 Å². The van der Waals surface area contributed by atoms with Crippen LogP contribution in [0, 0.1) is 16.7 Å². The zero-order chi connectivity index (χ0) is 26.2. The molecule has 196 valence electrons. The number of thioether (sulfide) groups is 1. The summed E-state index contributed by atoms with van der Waals surface area (Å²) in [5.41, 5.74) is 5.13. The molecule has 1 saturated heterocycles. The van der Waals surface area contributed by atoms with Gasteiger partial charge in [-0.15, -0.1) is 0 Å². The number of benzene rings is 1. The van der Waals surface area contributed by atoms with Crippen LogP contribution in [0.1, 0.15) is 62.4 Å². The van der Waals surface area contributed by atoms with E-state index in [1.165, 1.54) is 28.8 Å². The number of piperazine rings is 1. The molecule has 7 nitrogen and oxygen atoms in total. The third-order valence-corrected chi connectivity index (χ3v) is 8.57. The molecule has 2 heterocycles. The molecule has 0 saturated carbocycles. The van der Waals surface area contributed by atoms with Crippen LogP contribution in [-0.4, -0.2) is 58.5 Å². The number of hydrogen-bond donors (Lipinski definition) is 0. The van der Waals surface area contributed by atoms with Gasteiger partial charge in [-0.05, 0) is 82.1 Å². The summed E-state index contributed by atoms with van der Waals surface area (Å²) in [6.45, 7) is 7.36. The fourth-order valence-corrected chi connectivity index (χ4v) is 6.58. The number of rotatable bonds is 3. The summed E-state index contributed by atoms with van der Waals surface area (Å²) in [4.78, 5) is 26.9. The summed E-state index contributed by atoms with van der Waals surface area (Å²) in [7, 11) is 0. The van der Waals surface area contributed by atoms with Crippen LogP contribution < -0.4 is 4.90 Å². The normalized spacial score (nSPS) is 23.3. The third kappa shape index (κ3) is 5.43. The number of nitrogens with zero attached hydrogens (tertiary/aromatic N) is 5. The quantitative estimate of drug-likeness (QED) is 0.407. The van der Waals surface area contributed by atoms with Crippen molar-refractivity contribution < 1.29 is 9.53 Å². The number of fused-ring (bicyclic) bond motifs is 2. The maximum absolute atomic E-state index is 12.9. The number of aryl methyl sites for hydroxylation is 1. The molecule has 1 aromatic heterocycles. The molecule has 1 aliphatic heterocycles. The topological polar surface area (TPSA) is 82.4 Å². The first-order chi connectivity index (χ1) is 17.7. The Hall–Kier alpha value is -2.79. The summed E-state index contributed by atoms with van der Waals surface area (Å²) >= 11 is 1.58. The lowest BCUT2D eigenvalue weighted by Crippen LogP contribution is -2.56. The zero-order valence-corrected chi connectivity index (χ0v) is 23.2. The smallest absolute Gasteiger partial charge is 0.410 e. The number of aromatic nitrogens is 2. The van der Waals surface area contributed by atoms with Crippen LogP contribution in [0.15, 0.2) is 29.4 Å². The number of carbonyl (C=O) groups is 1. The van der Waals surface area contributed by atoms with Crippen LogP contribution in [0.3, 0.4) is 0 Å². The lowest BCUT2D eigenvalue weighted by Gasteiger charge is -2.44. The molecular formula is C29H37N5O2S. The molecule has 1 fully saturated rings. The van der Waals surface area contributed by atoms with Crippen molar-refractivity contribution in [1.82, 2.24) is 14.9 Å². The average Bonchev–Trinajstić information content (AvgIpc) is 2.87. The van der Waals surface area contributed by atoms with E-state index in [0.29, 0.717) is 19.6 Å². The molecule has 0 unspecified atom stereocenters. The van der Waals surface area contributed by atoms with E-state index < -0.39 is 5.60 Å². The van der Waals surface area contributed by atoms with Gasteiger partial charge < -0.3 is 14.5 Å². The maximum atomic E-state index is 12.9. The third-order valence-electron chi connectivity index (χ3n) is 8.03. The lowest BCUT2D eigenvalue weighted by molar-refractivity contribution is 0.0144. The van der Waals surface area contributed by atoms with Crippen molar-refractivity contribution in [1.29, 1.82) is 5.26 Å². The van der Waals surface area contributed by atoms with Crippen molar-refractivity contribution in [2.75, 3.05) is 30.8 Å². The number of carbonyl (C=O) groups excluding carboxylic acids is 1. The molecule has 37 heavy (non-hydrogen) atoms. The zero-order valence-electron chi connectivity index (χ0n) is 22.4. The van der Waals surface area contributed by atoms with Crippen LogP contribution in [0.2, 0.25) is 0 Å². The van der Waals surface area contributed by atoms with Gasteiger partial charge in [0.1, 0.15) is 11.4 Å². The van der Waals surface area contributed by atoms with Gasteiger partial charge in [0.15, 0.2) is 5.16 Å². The van der Waals surface area contributed by atoms with Crippen molar-refractivity contribution in [2.45, 2.75) is 82.5 Å². The molecule has 1 spiro atoms. The van der Waals surface area contributed by atoms with E-state index in [0.717, 1.165) is 43.1 Å². The molecule has 8 heteroatoms. The minimum atomic E-state index is -0.569. The summed E-state index contributed by atoms with van der Waals surface area (Å²) in [6, 6.07) is 10.9. The van der Waals surface area contributed by atoms with Gasteiger partial charge in [-0.3, -0.25) is 0 Å². The molecule has 3 aliphatic rings. The van der Waals surface area contributed by atoms with E-state index in [9.17, 15) is 10.1 Å². The van der Waals surface area contributed by atoms with Gasteiger partial charge in [0.05, 0.1) is 24.2 Å². The Morgan fingerprint density at radius 3 is 2.65 bits per heavy atom. The Balaban J connectivity index is 1.40. The highest BCUT2D eigenvalue weighted by Crippen LogP contribution is 2.46. The van der Waals surface area contributed by atoms with Gasteiger partial charge in [0.2, 0.25) is 0 Å². The molecule has 0 bridgehead atoms. The molecule has 2 atom stereocenters. The van der Waals surface area contributed by atoms with Gasteiger partial charge >= 0.3 is 6.09 Å². The summed E-state index contributed by atoms with van der Waals surface area (Å²) in [5, 5.41) is 10.3. The van der Waals surface area contributed by atoms with Crippen molar-refractivity contribution in [3.05, 3.63) is 46.6 Å². The molecule has 1 amide bonds. The van der Waals surface area contributed by atoms with Crippen molar-refractivity contribution >= 4 is 23.7 Å². The first kappa shape index (κ1) is 25.8. The fourth-order valence-electron chi connectivity index (χ4n) is 6.20. The highest BCUT2D eigenvalue weighted by molar-refractivity contribution is 7.98. The van der Waals surface area contributed by atoms with Crippen LogP contribution in [0.4, 0.5) is 10.6 Å². The molecular weight excluding hydrogens is 482 g/mol. The van der Waals surface area contributed by atoms with E-state index in [1.807, 2.05) is 27.0 Å². The van der Waals surface area contributed by atoms with E-state index in [1.54, 1.807) is 16.7 Å². The first-order valence-electron chi connectivity index (χ1n) is 13.3. The molecule has 2 aromatic rings. The predicted molar refractivity (Wildman–Crippen MR) is 146 cm³/mol. The molecule has 0 radical (unpaired) electrons. The second-order valence-corrected chi connectivity index (χ2v) is 12.5. The van der Waals surface area contributed by atoms with Crippen molar-refractivity contribution in [3.63, 3.8) is 0 Å². The number of amides is 1. The summed E-state index contributed by atoms with van der Waals surface area (Å²) in [5.74, 6) is 0.993. The molecule has 0 N–H and O–H groups in total. The lowest BCUT2D eigenvalue weighted by atomic mass is 9.63. The summed E-state index contributed by atoms with van der Waals surface area (Å²) < 4.78 is 5.64. The Bertz CT molecular complexity index is 1220. The van der Waals surface area contributed by atoms with Gasteiger partial charge in [-0.25, -0.2) is 14.8 Å². The number of ether oxygens (including phenoxy) is 1. The SMILES string of the molecule is CSc1nc2c(c(N3CCN(C(=O)OC(C)(C)C)[C@@H](CC#N)C3)n1)CC[C@@]1(CCc3ccccc3C1)C2. The highest BCUT2D eigenvalue weighted by Gasteiger charge is 2.41. The molecule has 2 aliphatic carbocycles. The van der Waals surface area contributed by atoms with Crippen molar-refractivity contribution in [3.8, 4) is 6.07 Å². The van der Waals surface area contributed by atoms with Crippen molar-refractivity contribution in [2.24, 2.45) is 5.41 Å². The van der Waals surface area contributed by atoms with Crippen LogP contribution in [0.25, 0.3) is 0 Å². The number of nitriles is 1. The van der Waals surface area contributed by atoms with Gasteiger partial charge in [-0.2, -0.15) is 5.26 Å². The van der Waals surface area contributed by atoms with E-state index in [4.69, 9.17) is 14.7 Å². The van der Waals surface area contributed by atoms with E-state index in [2.05, 4.69) is 35.2 Å². The average molecular weight is 520 g/mol. The standard InChI is InChI=1S/C29H37N5O2S/c1-28(2,3)36-27(35)34-16-15-33(19-22(34)11-14-30)25-23-10-13-29(18-24(23)31-26(32-25)37-4)12-9-20-7-5-6-8-21(20)17-29/h5-8,22H,9-13,15-19H2,1-4H3/t22-,29+/m0/s1. The van der Waals surface area contributed by atoms with Gasteiger partial charge in [-0.1, -0.05) is 36.0 Å². The van der Waals surface area contributed by atoms with Gasteiger partial charge in [0.25, 0.3) is 0 Å². The largest absolute Gasteiger partial charge is 0.444 e. The number of anilines is 1. The Labute approximate surface area is 224 Å². The Morgan fingerprint density at radius 2 is 1.92 bits per heavy atom. The Kier molecular flexibility index (Phi) is 7.10. The minimum absolute atomic E-state index is 0.235. The second kappa shape index (κ2) is 10.2. The van der Waals surface area contributed by atoms with Gasteiger partial charge in [0, 0.05) is 25.2 Å². The highest BCUT2D eigenvalue weighted by atomic mass is 32.2. The minimum Gasteiger partial charge on any atom is -0.444 e. The molecule has 1 aromatic carbocycles. The fraction of sp³-hybridized carbons (Fsp3) is 0.586. The second-order valence-electron chi connectivity index (χ2n) is 11.7. The van der Waals surface area contributed by atoms with E-state index >= 15 is 0 Å². The predicted octanol–water partition coefficient (Wildman–Crippen LogP) is 5.20.